The molecule has 0 unspecified atom stereocenters. The quantitative estimate of drug-likeness (QED) is 0.587. The molecule has 0 aromatic heterocycles. The van der Waals surface area contributed by atoms with E-state index in [0.29, 0.717) is 11.3 Å². The number of carbonyl (C=O) groups is 1. The summed E-state index contributed by atoms with van der Waals surface area (Å²) in [6.45, 7) is 0. The summed E-state index contributed by atoms with van der Waals surface area (Å²) in [5.74, 6) is 0.00856. The Hall–Kier alpha value is -2.65. The Balaban J connectivity index is 1.80. The van der Waals surface area contributed by atoms with Crippen LogP contribution >= 0.6 is 0 Å². The van der Waals surface area contributed by atoms with Crippen LogP contribution in [0.4, 0.5) is 0 Å². The van der Waals surface area contributed by atoms with Gasteiger partial charge in [-0.2, -0.15) is 0 Å². The number of aliphatic hydroxyl groups is 1. The summed E-state index contributed by atoms with van der Waals surface area (Å²) < 4.78 is 5.34. The third kappa shape index (κ3) is 2.93. The monoisotopic (exact) mass is 278 g/mol. The van der Waals surface area contributed by atoms with Crippen LogP contribution in [0.25, 0.3) is 10.8 Å². The zero-order valence-corrected chi connectivity index (χ0v) is 11.3. The SMILES string of the molecule is O=C(c1ccccc1)[C@@H](O)Oc1ccc2ccccc2c1. The molecule has 1 atom stereocenters. The maximum Gasteiger partial charge on any atom is 0.262 e. The number of fused-ring (bicyclic) bond motifs is 1. The molecule has 0 saturated carbocycles. The highest BCUT2D eigenvalue weighted by atomic mass is 16.6. The van der Waals surface area contributed by atoms with E-state index in [4.69, 9.17) is 4.74 Å². The average molecular weight is 278 g/mol. The first kappa shape index (κ1) is 13.3. The van der Waals surface area contributed by atoms with Crippen LogP contribution in [-0.2, 0) is 0 Å². The Labute approximate surface area is 122 Å². The van der Waals surface area contributed by atoms with Gasteiger partial charge in [0.1, 0.15) is 5.75 Å². The number of rotatable bonds is 4. The normalized spacial score (nSPS) is 12.0. The minimum Gasteiger partial charge on any atom is -0.457 e. The highest BCUT2D eigenvalue weighted by molar-refractivity contribution is 5.98. The molecule has 104 valence electrons. The van der Waals surface area contributed by atoms with Gasteiger partial charge in [-0.1, -0.05) is 60.7 Å². The van der Waals surface area contributed by atoms with Gasteiger partial charge >= 0.3 is 0 Å². The molecule has 0 aliphatic heterocycles. The van der Waals surface area contributed by atoms with E-state index in [9.17, 15) is 9.90 Å². The summed E-state index contributed by atoms with van der Waals surface area (Å²) >= 11 is 0. The Morgan fingerprint density at radius 1 is 0.857 bits per heavy atom. The van der Waals surface area contributed by atoms with Gasteiger partial charge in [-0.3, -0.25) is 4.79 Å². The van der Waals surface area contributed by atoms with E-state index >= 15 is 0 Å². The van der Waals surface area contributed by atoms with Crippen molar-refractivity contribution in [2.75, 3.05) is 0 Å². The average Bonchev–Trinajstić information content (AvgIpc) is 2.55. The maximum absolute atomic E-state index is 12.0. The molecular weight excluding hydrogens is 264 g/mol. The fraction of sp³-hybridized carbons (Fsp3) is 0.0556. The van der Waals surface area contributed by atoms with Crippen LogP contribution in [0.1, 0.15) is 10.4 Å². The molecule has 0 spiro atoms. The summed E-state index contributed by atoms with van der Waals surface area (Å²) in [5.41, 5.74) is 0.422. The van der Waals surface area contributed by atoms with E-state index in [1.807, 2.05) is 36.4 Å². The van der Waals surface area contributed by atoms with Crippen molar-refractivity contribution in [2.45, 2.75) is 6.29 Å². The second kappa shape index (κ2) is 5.77. The standard InChI is InChI=1S/C18H14O3/c19-17(14-7-2-1-3-8-14)18(20)21-16-11-10-13-6-4-5-9-15(13)12-16/h1-12,18,20H/t18-/m0/s1. The summed E-state index contributed by atoms with van der Waals surface area (Å²) in [6, 6.07) is 21.9. The lowest BCUT2D eigenvalue weighted by molar-refractivity contribution is -0.00286. The first-order chi connectivity index (χ1) is 10.2. The Morgan fingerprint density at radius 2 is 1.52 bits per heavy atom. The van der Waals surface area contributed by atoms with Crippen LogP contribution in [0.3, 0.4) is 0 Å². The van der Waals surface area contributed by atoms with Crippen LogP contribution in [0.15, 0.2) is 72.8 Å². The fourth-order valence-electron chi connectivity index (χ4n) is 2.17. The van der Waals surface area contributed by atoms with Crippen LogP contribution < -0.4 is 4.74 Å². The second-order valence-corrected chi connectivity index (χ2v) is 4.71. The second-order valence-electron chi connectivity index (χ2n) is 4.71. The van der Waals surface area contributed by atoms with Gasteiger partial charge in [0.15, 0.2) is 0 Å². The predicted molar refractivity (Wildman–Crippen MR) is 81.4 cm³/mol. The first-order valence-electron chi connectivity index (χ1n) is 6.67. The molecule has 3 heteroatoms. The number of hydrogen-bond donors (Lipinski definition) is 1. The lowest BCUT2D eigenvalue weighted by Gasteiger charge is -2.13. The van der Waals surface area contributed by atoms with Crippen molar-refractivity contribution in [1.82, 2.24) is 0 Å². The van der Waals surface area contributed by atoms with Gasteiger partial charge < -0.3 is 9.84 Å². The topological polar surface area (TPSA) is 46.5 Å². The van der Waals surface area contributed by atoms with Gasteiger partial charge in [0.05, 0.1) is 0 Å². The number of benzene rings is 3. The van der Waals surface area contributed by atoms with Crippen molar-refractivity contribution in [3.05, 3.63) is 78.4 Å². The number of carbonyl (C=O) groups excluding carboxylic acids is 1. The third-order valence-electron chi connectivity index (χ3n) is 3.25. The summed E-state index contributed by atoms with van der Waals surface area (Å²) in [4.78, 5) is 12.0. The zero-order chi connectivity index (χ0) is 14.7. The number of hydrogen-bond acceptors (Lipinski definition) is 3. The first-order valence-corrected chi connectivity index (χ1v) is 6.67. The highest BCUT2D eigenvalue weighted by Gasteiger charge is 2.18. The summed E-state index contributed by atoms with van der Waals surface area (Å²) in [5, 5.41) is 12.0. The largest absolute Gasteiger partial charge is 0.457 e. The minimum absolute atomic E-state index is 0.422. The van der Waals surface area contributed by atoms with Gasteiger partial charge in [-0.25, -0.2) is 0 Å². The number of ketones is 1. The summed E-state index contributed by atoms with van der Waals surface area (Å²) in [6.07, 6.45) is -1.51. The smallest absolute Gasteiger partial charge is 0.262 e. The lowest BCUT2D eigenvalue weighted by Crippen LogP contribution is -2.26. The van der Waals surface area contributed by atoms with Gasteiger partial charge in [0.2, 0.25) is 5.78 Å². The predicted octanol–water partition coefficient (Wildman–Crippen LogP) is 3.42. The van der Waals surface area contributed by atoms with Gasteiger partial charge in [0.25, 0.3) is 6.29 Å². The molecule has 3 nitrogen and oxygen atoms in total. The Morgan fingerprint density at radius 3 is 2.29 bits per heavy atom. The lowest BCUT2D eigenvalue weighted by atomic mass is 10.1. The zero-order valence-electron chi connectivity index (χ0n) is 11.3. The maximum atomic E-state index is 12.0. The van der Waals surface area contributed by atoms with E-state index in [1.54, 1.807) is 36.4 Å². The minimum atomic E-state index is -1.51. The molecule has 0 fully saturated rings. The van der Waals surface area contributed by atoms with Crippen LogP contribution in [0, 0.1) is 0 Å². The van der Waals surface area contributed by atoms with E-state index in [2.05, 4.69) is 0 Å². The molecule has 0 aliphatic carbocycles. The molecule has 3 aromatic carbocycles. The highest BCUT2D eigenvalue weighted by Crippen LogP contribution is 2.21. The van der Waals surface area contributed by atoms with E-state index in [0.717, 1.165) is 10.8 Å². The summed E-state index contributed by atoms with van der Waals surface area (Å²) in [7, 11) is 0. The third-order valence-corrected chi connectivity index (χ3v) is 3.25. The van der Waals surface area contributed by atoms with Gasteiger partial charge in [0, 0.05) is 5.56 Å². The molecule has 1 N–H and O–H groups in total. The van der Waals surface area contributed by atoms with Crippen molar-refractivity contribution < 1.29 is 14.6 Å². The van der Waals surface area contributed by atoms with Gasteiger partial charge in [-0.15, -0.1) is 0 Å². The van der Waals surface area contributed by atoms with Crippen molar-refractivity contribution >= 4 is 16.6 Å². The van der Waals surface area contributed by atoms with E-state index < -0.39 is 12.1 Å². The number of aliphatic hydroxyl groups excluding tert-OH is 1. The number of ether oxygens (including phenoxy) is 1. The van der Waals surface area contributed by atoms with Crippen molar-refractivity contribution in [3.63, 3.8) is 0 Å². The molecule has 0 aliphatic rings. The van der Waals surface area contributed by atoms with E-state index in [-0.39, 0.29) is 0 Å². The molecule has 21 heavy (non-hydrogen) atoms. The van der Waals surface area contributed by atoms with Crippen molar-refractivity contribution in [2.24, 2.45) is 0 Å². The molecule has 0 radical (unpaired) electrons. The van der Waals surface area contributed by atoms with E-state index in [1.165, 1.54) is 0 Å². The molecule has 3 rings (SSSR count). The van der Waals surface area contributed by atoms with Crippen LogP contribution in [-0.4, -0.2) is 17.2 Å². The van der Waals surface area contributed by atoms with Gasteiger partial charge in [-0.05, 0) is 22.9 Å². The molecule has 3 aromatic rings. The Kier molecular flexibility index (Phi) is 3.67. The fourth-order valence-corrected chi connectivity index (χ4v) is 2.17. The van der Waals surface area contributed by atoms with Crippen LogP contribution in [0.5, 0.6) is 5.75 Å². The van der Waals surface area contributed by atoms with Crippen molar-refractivity contribution in [1.29, 1.82) is 0 Å². The molecule has 0 saturated heterocycles. The number of Topliss-reactive ketones (excluding diaryl/α,β-unsaturated/α-hetero) is 1. The Bertz CT molecular complexity index is 766. The van der Waals surface area contributed by atoms with Crippen molar-refractivity contribution in [3.8, 4) is 5.75 Å². The molecular formula is C18H14O3. The van der Waals surface area contributed by atoms with Crippen LogP contribution in [0.2, 0.25) is 0 Å². The molecule has 0 amide bonds. The molecule has 0 heterocycles. The molecule has 0 bridgehead atoms.